The van der Waals surface area contributed by atoms with Gasteiger partial charge in [0.15, 0.2) is 11.0 Å². The number of benzene rings is 2. The Bertz CT molecular complexity index is 1090. The molecule has 0 unspecified atom stereocenters. The third kappa shape index (κ3) is 4.58. The Kier molecular flexibility index (Phi) is 6.07. The quantitative estimate of drug-likeness (QED) is 0.297. The van der Waals surface area contributed by atoms with Crippen molar-refractivity contribution >= 4 is 23.4 Å². The van der Waals surface area contributed by atoms with E-state index < -0.39 is 0 Å². The highest BCUT2D eigenvalue weighted by molar-refractivity contribution is 7.99. The minimum Gasteiger partial charge on any atom is -0.491 e. The van der Waals surface area contributed by atoms with Crippen molar-refractivity contribution < 1.29 is 9.13 Å². The van der Waals surface area contributed by atoms with Crippen molar-refractivity contribution in [1.82, 2.24) is 19.7 Å². The molecule has 4 aromatic rings. The Morgan fingerprint density at radius 2 is 1.72 bits per heavy atom. The summed E-state index contributed by atoms with van der Waals surface area (Å²) in [6.07, 6.45) is 3.40. The number of aromatic nitrogens is 4. The van der Waals surface area contributed by atoms with Crippen molar-refractivity contribution in [2.24, 2.45) is 0 Å². The van der Waals surface area contributed by atoms with Gasteiger partial charge in [-0.25, -0.2) is 4.39 Å². The van der Waals surface area contributed by atoms with E-state index in [0.29, 0.717) is 34.1 Å². The lowest BCUT2D eigenvalue weighted by atomic mass is 10.2. The number of rotatable bonds is 7. The summed E-state index contributed by atoms with van der Waals surface area (Å²) in [5.41, 5.74) is 1.65. The van der Waals surface area contributed by atoms with Gasteiger partial charge in [0, 0.05) is 29.4 Å². The van der Waals surface area contributed by atoms with Crippen LogP contribution in [0.15, 0.2) is 78.2 Å². The molecule has 0 saturated heterocycles. The lowest BCUT2D eigenvalue weighted by molar-refractivity contribution is 0.344. The molecule has 0 aliphatic carbocycles. The van der Waals surface area contributed by atoms with Crippen molar-refractivity contribution in [2.75, 3.05) is 12.4 Å². The van der Waals surface area contributed by atoms with Crippen LogP contribution in [-0.2, 0) is 0 Å². The highest BCUT2D eigenvalue weighted by Gasteiger charge is 2.16. The first kappa shape index (κ1) is 19.4. The zero-order valence-corrected chi connectivity index (χ0v) is 16.8. The Balaban J connectivity index is 1.56. The van der Waals surface area contributed by atoms with E-state index in [9.17, 15) is 4.39 Å². The predicted molar refractivity (Wildman–Crippen MR) is 112 cm³/mol. The van der Waals surface area contributed by atoms with Crippen molar-refractivity contribution in [3.8, 4) is 22.8 Å². The Hall–Kier alpha value is -2.90. The molecule has 0 saturated carbocycles. The molecule has 4 rings (SSSR count). The van der Waals surface area contributed by atoms with E-state index in [1.165, 1.54) is 23.9 Å². The number of hydrogen-bond acceptors (Lipinski definition) is 5. The molecule has 8 heteroatoms. The summed E-state index contributed by atoms with van der Waals surface area (Å²) in [5.74, 6) is 1.65. The number of para-hydroxylation sites is 1. The van der Waals surface area contributed by atoms with Crippen LogP contribution in [0.25, 0.3) is 17.1 Å². The van der Waals surface area contributed by atoms with Crippen LogP contribution in [0.5, 0.6) is 5.75 Å². The number of nitrogens with zero attached hydrogens (tertiary/aromatic N) is 4. The molecule has 0 aliphatic rings. The molecule has 0 amide bonds. The van der Waals surface area contributed by atoms with Gasteiger partial charge in [-0.15, -0.1) is 10.2 Å². The molecule has 0 spiro atoms. The molecule has 0 radical (unpaired) electrons. The number of pyridine rings is 1. The van der Waals surface area contributed by atoms with Crippen LogP contribution < -0.4 is 4.74 Å². The molecular weight excluding hydrogens is 411 g/mol. The first-order chi connectivity index (χ1) is 14.2. The number of ether oxygens (including phenoxy) is 1. The van der Waals surface area contributed by atoms with Crippen LogP contribution in [0.2, 0.25) is 5.02 Å². The monoisotopic (exact) mass is 426 g/mol. The minimum atomic E-state index is -0.297. The van der Waals surface area contributed by atoms with E-state index in [0.717, 1.165) is 11.3 Å². The lowest BCUT2D eigenvalue weighted by Gasteiger charge is -2.11. The molecular formula is C21H16ClFN4OS. The molecule has 0 fully saturated rings. The topological polar surface area (TPSA) is 52.8 Å². The Morgan fingerprint density at radius 1 is 0.966 bits per heavy atom. The van der Waals surface area contributed by atoms with E-state index in [2.05, 4.69) is 15.2 Å². The normalized spacial score (nSPS) is 10.8. The molecule has 29 heavy (non-hydrogen) atoms. The highest BCUT2D eigenvalue weighted by atomic mass is 35.5. The molecule has 2 aromatic carbocycles. The molecule has 2 aromatic heterocycles. The maximum atomic E-state index is 13.4. The van der Waals surface area contributed by atoms with E-state index in [4.69, 9.17) is 16.3 Å². The van der Waals surface area contributed by atoms with Crippen LogP contribution >= 0.6 is 23.4 Å². The minimum absolute atomic E-state index is 0.297. The van der Waals surface area contributed by atoms with Crippen LogP contribution in [0.4, 0.5) is 4.39 Å². The van der Waals surface area contributed by atoms with Crippen molar-refractivity contribution in [3.63, 3.8) is 0 Å². The second-order valence-corrected chi connectivity index (χ2v) is 7.45. The average molecular weight is 427 g/mol. The molecule has 0 atom stereocenters. The second kappa shape index (κ2) is 9.07. The zero-order chi connectivity index (χ0) is 20.1. The fraction of sp³-hybridized carbons (Fsp3) is 0.0952. The molecule has 2 heterocycles. The highest BCUT2D eigenvalue weighted by Crippen LogP contribution is 2.28. The summed E-state index contributed by atoms with van der Waals surface area (Å²) in [5, 5.41) is 9.94. The number of halogens is 2. The van der Waals surface area contributed by atoms with Gasteiger partial charge in [-0.3, -0.25) is 9.55 Å². The first-order valence-corrected chi connectivity index (χ1v) is 10.2. The van der Waals surface area contributed by atoms with Gasteiger partial charge in [-0.2, -0.15) is 0 Å². The maximum Gasteiger partial charge on any atom is 0.196 e. The SMILES string of the molecule is Fc1ccc(-n2c(SCCOc3ccccc3Cl)nnc2-c2ccncc2)cc1. The molecule has 0 N–H and O–H groups in total. The third-order valence-corrected chi connectivity index (χ3v) is 5.27. The standard InChI is InChI=1S/C21H16ClFN4OS/c22-18-3-1-2-4-19(18)28-13-14-29-21-26-25-20(15-9-11-24-12-10-15)27(21)17-7-5-16(23)6-8-17/h1-12H,13-14H2. The van der Waals surface area contributed by atoms with Crippen LogP contribution in [0, 0.1) is 5.82 Å². The zero-order valence-electron chi connectivity index (χ0n) is 15.2. The molecule has 5 nitrogen and oxygen atoms in total. The van der Waals surface area contributed by atoms with Crippen molar-refractivity contribution in [3.05, 3.63) is 83.9 Å². The van der Waals surface area contributed by atoms with Gasteiger partial charge in [0.05, 0.1) is 11.6 Å². The summed E-state index contributed by atoms with van der Waals surface area (Å²) in [6.45, 7) is 0.454. The second-order valence-electron chi connectivity index (χ2n) is 5.98. The van der Waals surface area contributed by atoms with Crippen molar-refractivity contribution in [1.29, 1.82) is 0 Å². The van der Waals surface area contributed by atoms with Gasteiger partial charge < -0.3 is 4.74 Å². The average Bonchev–Trinajstić information content (AvgIpc) is 3.17. The van der Waals surface area contributed by atoms with E-state index in [-0.39, 0.29) is 5.82 Å². The number of thioether (sulfide) groups is 1. The fourth-order valence-corrected chi connectivity index (χ4v) is 3.68. The van der Waals surface area contributed by atoms with E-state index in [1.807, 2.05) is 34.9 Å². The molecule has 0 aliphatic heterocycles. The Labute approximate surface area is 176 Å². The summed E-state index contributed by atoms with van der Waals surface area (Å²) in [4.78, 5) is 4.05. The van der Waals surface area contributed by atoms with Gasteiger partial charge in [-0.05, 0) is 48.5 Å². The van der Waals surface area contributed by atoms with E-state index >= 15 is 0 Å². The predicted octanol–water partition coefficient (Wildman–Crippen LogP) is 5.29. The summed E-state index contributed by atoms with van der Waals surface area (Å²) in [6, 6.07) is 17.3. The van der Waals surface area contributed by atoms with E-state index in [1.54, 1.807) is 30.6 Å². The third-order valence-electron chi connectivity index (χ3n) is 4.07. The van der Waals surface area contributed by atoms with Crippen molar-refractivity contribution in [2.45, 2.75) is 5.16 Å². The fourth-order valence-electron chi connectivity index (χ4n) is 2.72. The van der Waals surface area contributed by atoms with Gasteiger partial charge in [0.1, 0.15) is 11.6 Å². The smallest absolute Gasteiger partial charge is 0.196 e. The van der Waals surface area contributed by atoms with Crippen LogP contribution in [0.1, 0.15) is 0 Å². The maximum absolute atomic E-state index is 13.4. The lowest BCUT2D eigenvalue weighted by Crippen LogP contribution is -2.04. The molecule has 0 bridgehead atoms. The van der Waals surface area contributed by atoms with Gasteiger partial charge in [0.2, 0.25) is 0 Å². The number of hydrogen-bond donors (Lipinski definition) is 0. The summed E-state index contributed by atoms with van der Waals surface area (Å²) >= 11 is 7.61. The Morgan fingerprint density at radius 3 is 2.48 bits per heavy atom. The van der Waals surface area contributed by atoms with Gasteiger partial charge in [-0.1, -0.05) is 35.5 Å². The van der Waals surface area contributed by atoms with Crippen LogP contribution in [-0.4, -0.2) is 32.1 Å². The summed E-state index contributed by atoms with van der Waals surface area (Å²) in [7, 11) is 0. The van der Waals surface area contributed by atoms with Crippen LogP contribution in [0.3, 0.4) is 0 Å². The molecule has 146 valence electrons. The van der Waals surface area contributed by atoms with Gasteiger partial charge in [0.25, 0.3) is 0 Å². The summed E-state index contributed by atoms with van der Waals surface area (Å²) < 4.78 is 21.1. The largest absolute Gasteiger partial charge is 0.491 e. The van der Waals surface area contributed by atoms with Gasteiger partial charge >= 0.3 is 0 Å². The first-order valence-electron chi connectivity index (χ1n) is 8.84.